The average Bonchev–Trinajstić information content (AvgIpc) is 2.16. The Bertz CT molecular complexity index is 186. The van der Waals surface area contributed by atoms with Crippen LogP contribution >= 0.6 is 0 Å². The molecule has 1 aliphatic heterocycles. The molecule has 3 nitrogen and oxygen atoms in total. The molecule has 3 heteroatoms. The molecule has 0 radical (unpaired) electrons. The van der Waals surface area contributed by atoms with Gasteiger partial charge in [-0.05, 0) is 18.8 Å². The molecule has 1 saturated carbocycles. The Hall–Kier alpha value is -0.120. The second-order valence-electron chi connectivity index (χ2n) is 4.60. The van der Waals surface area contributed by atoms with E-state index in [1.54, 1.807) is 7.11 Å². The summed E-state index contributed by atoms with van der Waals surface area (Å²) in [6, 6.07) is 0.213. The summed E-state index contributed by atoms with van der Waals surface area (Å²) in [6.45, 7) is 1.60. The van der Waals surface area contributed by atoms with Gasteiger partial charge in [0.25, 0.3) is 0 Å². The molecular formula is C11H21NO2. The van der Waals surface area contributed by atoms with Gasteiger partial charge in [-0.15, -0.1) is 0 Å². The third-order valence-electron chi connectivity index (χ3n) is 4.01. The summed E-state index contributed by atoms with van der Waals surface area (Å²) >= 11 is 0. The molecule has 1 aliphatic carbocycles. The van der Waals surface area contributed by atoms with Gasteiger partial charge in [0, 0.05) is 39.2 Å². The number of rotatable bonds is 3. The molecule has 0 amide bonds. The highest BCUT2D eigenvalue weighted by Gasteiger charge is 2.43. The van der Waals surface area contributed by atoms with Crippen molar-refractivity contribution >= 4 is 0 Å². The van der Waals surface area contributed by atoms with Gasteiger partial charge in [-0.3, -0.25) is 0 Å². The van der Waals surface area contributed by atoms with Gasteiger partial charge in [-0.2, -0.15) is 0 Å². The maximum absolute atomic E-state index is 6.32. The normalized spacial score (nSPS) is 29.6. The Morgan fingerprint density at radius 2 is 2.00 bits per heavy atom. The highest BCUT2D eigenvalue weighted by molar-refractivity contribution is 4.98. The standard InChI is InChI=1S/C11H21NO2/c1-13-11(5-7-14-8-6-11)10(12)9-3-2-4-9/h9-10H,2-8,12H2,1H3. The molecule has 1 heterocycles. The zero-order valence-corrected chi connectivity index (χ0v) is 9.00. The lowest BCUT2D eigenvalue weighted by molar-refractivity contribution is -0.118. The fraction of sp³-hybridized carbons (Fsp3) is 1.00. The molecule has 2 fully saturated rings. The van der Waals surface area contributed by atoms with Gasteiger partial charge in [-0.1, -0.05) is 6.42 Å². The molecule has 14 heavy (non-hydrogen) atoms. The number of hydrogen-bond donors (Lipinski definition) is 1. The van der Waals surface area contributed by atoms with E-state index in [0.29, 0.717) is 5.92 Å². The lowest BCUT2D eigenvalue weighted by Gasteiger charge is -2.46. The minimum atomic E-state index is -0.0939. The van der Waals surface area contributed by atoms with Crippen molar-refractivity contribution in [3.63, 3.8) is 0 Å². The van der Waals surface area contributed by atoms with E-state index in [2.05, 4.69) is 0 Å². The van der Waals surface area contributed by atoms with Crippen LogP contribution in [-0.2, 0) is 9.47 Å². The quantitative estimate of drug-likeness (QED) is 0.745. The Morgan fingerprint density at radius 1 is 1.36 bits per heavy atom. The van der Waals surface area contributed by atoms with Gasteiger partial charge >= 0.3 is 0 Å². The Kier molecular flexibility index (Phi) is 3.10. The van der Waals surface area contributed by atoms with Gasteiger partial charge in [0.15, 0.2) is 0 Å². The number of nitrogens with two attached hydrogens (primary N) is 1. The molecule has 82 valence electrons. The molecule has 0 spiro atoms. The topological polar surface area (TPSA) is 44.5 Å². The SMILES string of the molecule is COC1(C(N)C2CCC2)CCOCC1. The third-order valence-corrected chi connectivity index (χ3v) is 4.01. The first-order valence-electron chi connectivity index (χ1n) is 5.67. The minimum Gasteiger partial charge on any atom is -0.381 e. The molecule has 2 N–H and O–H groups in total. The molecule has 2 rings (SSSR count). The summed E-state index contributed by atoms with van der Waals surface area (Å²) in [7, 11) is 1.80. The monoisotopic (exact) mass is 199 g/mol. The number of ether oxygens (including phenoxy) is 2. The van der Waals surface area contributed by atoms with Gasteiger partial charge in [-0.25, -0.2) is 0 Å². The zero-order valence-electron chi connectivity index (χ0n) is 9.00. The molecule has 0 aromatic carbocycles. The van der Waals surface area contributed by atoms with Gasteiger partial charge in [0.1, 0.15) is 0 Å². The van der Waals surface area contributed by atoms with Gasteiger partial charge in [0.2, 0.25) is 0 Å². The van der Waals surface area contributed by atoms with Crippen molar-refractivity contribution in [3.8, 4) is 0 Å². The van der Waals surface area contributed by atoms with E-state index in [-0.39, 0.29) is 11.6 Å². The van der Waals surface area contributed by atoms with Crippen LogP contribution in [0.25, 0.3) is 0 Å². The summed E-state index contributed by atoms with van der Waals surface area (Å²) in [5.74, 6) is 0.688. The fourth-order valence-corrected chi connectivity index (χ4v) is 2.62. The van der Waals surface area contributed by atoms with E-state index in [0.717, 1.165) is 26.1 Å². The second kappa shape index (κ2) is 4.17. The second-order valence-corrected chi connectivity index (χ2v) is 4.60. The number of methoxy groups -OCH3 is 1. The molecule has 1 unspecified atom stereocenters. The van der Waals surface area contributed by atoms with Crippen molar-refractivity contribution in [3.05, 3.63) is 0 Å². The van der Waals surface area contributed by atoms with E-state index in [1.165, 1.54) is 19.3 Å². The molecule has 0 aromatic heterocycles. The molecule has 0 aromatic rings. The predicted octanol–water partition coefficient (Wildman–Crippen LogP) is 1.31. The minimum absolute atomic E-state index is 0.0939. The summed E-state index contributed by atoms with van der Waals surface area (Å²) in [6.07, 6.45) is 5.83. The van der Waals surface area contributed by atoms with Crippen LogP contribution in [-0.4, -0.2) is 32.0 Å². The zero-order chi connectivity index (χ0) is 10.0. The largest absolute Gasteiger partial charge is 0.381 e. The first-order valence-corrected chi connectivity index (χ1v) is 5.67. The van der Waals surface area contributed by atoms with E-state index in [9.17, 15) is 0 Å². The lowest BCUT2D eigenvalue weighted by Crippen LogP contribution is -2.57. The van der Waals surface area contributed by atoms with Gasteiger partial charge < -0.3 is 15.2 Å². The molecule has 0 bridgehead atoms. The first-order chi connectivity index (χ1) is 6.78. The highest BCUT2D eigenvalue weighted by atomic mass is 16.5. The maximum Gasteiger partial charge on any atom is 0.0875 e. The van der Waals surface area contributed by atoms with E-state index in [4.69, 9.17) is 15.2 Å². The molecule has 1 atom stereocenters. The lowest BCUT2D eigenvalue weighted by atomic mass is 9.71. The van der Waals surface area contributed by atoms with Crippen molar-refractivity contribution in [1.29, 1.82) is 0 Å². The van der Waals surface area contributed by atoms with Crippen molar-refractivity contribution in [1.82, 2.24) is 0 Å². The van der Waals surface area contributed by atoms with Crippen molar-refractivity contribution in [2.45, 2.75) is 43.7 Å². The van der Waals surface area contributed by atoms with Crippen LogP contribution in [0.1, 0.15) is 32.1 Å². The summed E-state index contributed by atoms with van der Waals surface area (Å²) < 4.78 is 11.1. The summed E-state index contributed by atoms with van der Waals surface area (Å²) in [4.78, 5) is 0. The average molecular weight is 199 g/mol. The van der Waals surface area contributed by atoms with Crippen LogP contribution < -0.4 is 5.73 Å². The smallest absolute Gasteiger partial charge is 0.0875 e. The van der Waals surface area contributed by atoms with E-state index < -0.39 is 0 Å². The van der Waals surface area contributed by atoms with Crippen LogP contribution in [0.5, 0.6) is 0 Å². The third kappa shape index (κ3) is 1.69. The Morgan fingerprint density at radius 3 is 2.43 bits per heavy atom. The Balaban J connectivity index is 2.01. The van der Waals surface area contributed by atoms with Crippen LogP contribution in [0.2, 0.25) is 0 Å². The number of hydrogen-bond acceptors (Lipinski definition) is 3. The summed E-state index contributed by atoms with van der Waals surface area (Å²) in [5, 5.41) is 0. The van der Waals surface area contributed by atoms with Crippen molar-refractivity contribution in [2.24, 2.45) is 11.7 Å². The van der Waals surface area contributed by atoms with Crippen LogP contribution in [0.15, 0.2) is 0 Å². The molecular weight excluding hydrogens is 178 g/mol. The highest BCUT2D eigenvalue weighted by Crippen LogP contribution is 2.38. The van der Waals surface area contributed by atoms with E-state index >= 15 is 0 Å². The molecule has 2 aliphatic rings. The Labute approximate surface area is 85.9 Å². The fourth-order valence-electron chi connectivity index (χ4n) is 2.62. The van der Waals surface area contributed by atoms with Crippen LogP contribution in [0, 0.1) is 5.92 Å². The van der Waals surface area contributed by atoms with Crippen LogP contribution in [0.3, 0.4) is 0 Å². The maximum atomic E-state index is 6.32. The van der Waals surface area contributed by atoms with Crippen LogP contribution in [0.4, 0.5) is 0 Å². The first kappa shape index (κ1) is 10.4. The van der Waals surface area contributed by atoms with Gasteiger partial charge in [0.05, 0.1) is 5.60 Å². The van der Waals surface area contributed by atoms with Crippen molar-refractivity contribution in [2.75, 3.05) is 20.3 Å². The predicted molar refractivity (Wildman–Crippen MR) is 55.1 cm³/mol. The molecule has 1 saturated heterocycles. The van der Waals surface area contributed by atoms with Crippen molar-refractivity contribution < 1.29 is 9.47 Å². The summed E-state index contributed by atoms with van der Waals surface area (Å²) in [5.41, 5.74) is 6.22. The van der Waals surface area contributed by atoms with E-state index in [1.807, 2.05) is 0 Å².